The summed E-state index contributed by atoms with van der Waals surface area (Å²) in [6.07, 6.45) is 4.30. The van der Waals surface area contributed by atoms with Gasteiger partial charge in [-0.05, 0) is 81.9 Å². The van der Waals surface area contributed by atoms with E-state index in [0.29, 0.717) is 6.42 Å². The van der Waals surface area contributed by atoms with E-state index in [1.807, 2.05) is 0 Å². The molecule has 1 fully saturated rings. The standard InChI is InChI=1S/C20H32N2OS/c1-16-7-12-22(13-8-16)11-4-10-21-20(23)9-14-24-19-6-5-17(2)18(3)15-19/h5-6,15-16H,4,7-14H2,1-3H3,(H,21,23). The van der Waals surface area contributed by atoms with E-state index in [4.69, 9.17) is 0 Å². The Morgan fingerprint density at radius 3 is 2.71 bits per heavy atom. The first kappa shape index (κ1) is 19.3. The van der Waals surface area contributed by atoms with Crippen molar-refractivity contribution in [1.29, 1.82) is 0 Å². The third kappa shape index (κ3) is 6.86. The topological polar surface area (TPSA) is 32.3 Å². The molecule has 0 aliphatic carbocycles. The lowest BCUT2D eigenvalue weighted by atomic mass is 9.99. The summed E-state index contributed by atoms with van der Waals surface area (Å²) in [6.45, 7) is 11.0. The highest BCUT2D eigenvalue weighted by molar-refractivity contribution is 7.99. The number of amides is 1. The summed E-state index contributed by atoms with van der Waals surface area (Å²) in [4.78, 5) is 15.7. The van der Waals surface area contributed by atoms with Gasteiger partial charge in [-0.15, -0.1) is 11.8 Å². The lowest BCUT2D eigenvalue weighted by Crippen LogP contribution is -2.35. The fraction of sp³-hybridized carbons (Fsp3) is 0.650. The van der Waals surface area contributed by atoms with Crippen molar-refractivity contribution in [2.45, 2.75) is 51.3 Å². The molecule has 1 aliphatic heterocycles. The van der Waals surface area contributed by atoms with Crippen molar-refractivity contribution in [2.24, 2.45) is 5.92 Å². The Kier molecular flexibility index (Phi) is 8.13. The predicted molar refractivity (Wildman–Crippen MR) is 104 cm³/mol. The third-order valence-electron chi connectivity index (χ3n) is 4.93. The van der Waals surface area contributed by atoms with Crippen molar-refractivity contribution in [3.8, 4) is 0 Å². The lowest BCUT2D eigenvalue weighted by molar-refractivity contribution is -0.120. The second-order valence-corrected chi connectivity index (χ2v) is 8.24. The number of hydrogen-bond donors (Lipinski definition) is 1. The highest BCUT2D eigenvalue weighted by Crippen LogP contribution is 2.21. The molecule has 1 amide bonds. The van der Waals surface area contributed by atoms with Crippen molar-refractivity contribution >= 4 is 17.7 Å². The number of nitrogens with zero attached hydrogens (tertiary/aromatic N) is 1. The second-order valence-electron chi connectivity index (χ2n) is 7.07. The van der Waals surface area contributed by atoms with Crippen molar-refractivity contribution in [2.75, 3.05) is 31.9 Å². The minimum atomic E-state index is 0.179. The van der Waals surface area contributed by atoms with Crippen LogP contribution in [0.4, 0.5) is 0 Å². The molecule has 1 aliphatic rings. The molecule has 0 saturated carbocycles. The number of thioether (sulfide) groups is 1. The molecule has 0 bridgehead atoms. The maximum atomic E-state index is 11.9. The number of aryl methyl sites for hydroxylation is 2. The van der Waals surface area contributed by atoms with Gasteiger partial charge in [-0.25, -0.2) is 0 Å². The highest BCUT2D eigenvalue weighted by atomic mass is 32.2. The first-order chi connectivity index (χ1) is 11.5. The molecular formula is C20H32N2OS. The number of likely N-dealkylation sites (tertiary alicyclic amines) is 1. The first-order valence-corrected chi connectivity index (χ1v) is 10.2. The van der Waals surface area contributed by atoms with E-state index < -0.39 is 0 Å². The molecule has 0 radical (unpaired) electrons. The summed E-state index contributed by atoms with van der Waals surface area (Å²) in [7, 11) is 0. The molecule has 0 atom stereocenters. The SMILES string of the molecule is Cc1ccc(SCCC(=O)NCCCN2CCC(C)CC2)cc1C. The van der Waals surface area contributed by atoms with E-state index in [-0.39, 0.29) is 5.91 Å². The smallest absolute Gasteiger partial charge is 0.220 e. The van der Waals surface area contributed by atoms with Gasteiger partial charge in [0.2, 0.25) is 5.91 Å². The van der Waals surface area contributed by atoms with Gasteiger partial charge in [0.15, 0.2) is 0 Å². The summed E-state index contributed by atoms with van der Waals surface area (Å²) in [6, 6.07) is 6.50. The summed E-state index contributed by atoms with van der Waals surface area (Å²) in [5.41, 5.74) is 2.64. The van der Waals surface area contributed by atoms with Gasteiger partial charge in [-0.1, -0.05) is 13.0 Å². The molecule has 1 aromatic carbocycles. The van der Waals surface area contributed by atoms with E-state index in [2.05, 4.69) is 49.2 Å². The average Bonchev–Trinajstić information content (AvgIpc) is 2.56. The van der Waals surface area contributed by atoms with Crippen LogP contribution >= 0.6 is 11.8 Å². The molecule has 1 heterocycles. The Labute approximate surface area is 151 Å². The van der Waals surface area contributed by atoms with E-state index in [0.717, 1.165) is 31.2 Å². The molecule has 0 aromatic heterocycles. The molecule has 3 nitrogen and oxygen atoms in total. The molecule has 1 N–H and O–H groups in total. The minimum Gasteiger partial charge on any atom is -0.356 e. The zero-order chi connectivity index (χ0) is 17.4. The van der Waals surface area contributed by atoms with Gasteiger partial charge in [0.05, 0.1) is 0 Å². The van der Waals surface area contributed by atoms with E-state index in [9.17, 15) is 4.79 Å². The van der Waals surface area contributed by atoms with Crippen LogP contribution in [0.3, 0.4) is 0 Å². The molecule has 4 heteroatoms. The monoisotopic (exact) mass is 348 g/mol. The molecule has 1 aromatic rings. The number of benzene rings is 1. The van der Waals surface area contributed by atoms with Gasteiger partial charge in [0.25, 0.3) is 0 Å². The number of rotatable bonds is 8. The van der Waals surface area contributed by atoms with Gasteiger partial charge in [-0.2, -0.15) is 0 Å². The van der Waals surface area contributed by atoms with Gasteiger partial charge >= 0.3 is 0 Å². The van der Waals surface area contributed by atoms with E-state index >= 15 is 0 Å². The lowest BCUT2D eigenvalue weighted by Gasteiger charge is -2.30. The summed E-state index contributed by atoms with van der Waals surface area (Å²) in [5, 5.41) is 3.06. The molecule has 0 spiro atoms. The largest absolute Gasteiger partial charge is 0.356 e. The third-order valence-corrected chi connectivity index (χ3v) is 5.92. The van der Waals surface area contributed by atoms with Crippen LogP contribution in [0.5, 0.6) is 0 Å². The van der Waals surface area contributed by atoms with Gasteiger partial charge in [0.1, 0.15) is 0 Å². The fourth-order valence-electron chi connectivity index (χ4n) is 2.97. The van der Waals surface area contributed by atoms with Crippen LogP contribution in [0.1, 0.15) is 43.7 Å². The van der Waals surface area contributed by atoms with Gasteiger partial charge in [0, 0.05) is 23.6 Å². The van der Waals surface area contributed by atoms with Gasteiger partial charge < -0.3 is 10.2 Å². The Balaban J connectivity index is 1.52. The van der Waals surface area contributed by atoms with Crippen LogP contribution in [0.15, 0.2) is 23.1 Å². The van der Waals surface area contributed by atoms with Crippen LogP contribution in [-0.4, -0.2) is 42.7 Å². The van der Waals surface area contributed by atoms with Crippen LogP contribution in [0.25, 0.3) is 0 Å². The Morgan fingerprint density at radius 2 is 2.00 bits per heavy atom. The number of piperidine rings is 1. The molecule has 2 rings (SSSR count). The first-order valence-electron chi connectivity index (χ1n) is 9.23. The second kappa shape index (κ2) is 10.1. The zero-order valence-electron chi connectivity index (χ0n) is 15.4. The number of carbonyl (C=O) groups is 1. The van der Waals surface area contributed by atoms with Crippen LogP contribution in [-0.2, 0) is 4.79 Å². The minimum absolute atomic E-state index is 0.179. The number of carbonyl (C=O) groups excluding carboxylic acids is 1. The number of nitrogens with one attached hydrogen (secondary N) is 1. The van der Waals surface area contributed by atoms with Crippen LogP contribution < -0.4 is 5.32 Å². The Hall–Kier alpha value is -1.00. The van der Waals surface area contributed by atoms with Crippen LogP contribution in [0.2, 0.25) is 0 Å². The normalized spacial score (nSPS) is 16.3. The van der Waals surface area contributed by atoms with Crippen LogP contribution in [0, 0.1) is 19.8 Å². The maximum absolute atomic E-state index is 11.9. The van der Waals surface area contributed by atoms with E-state index in [1.165, 1.54) is 42.0 Å². The fourth-order valence-corrected chi connectivity index (χ4v) is 3.92. The number of hydrogen-bond acceptors (Lipinski definition) is 3. The molecule has 24 heavy (non-hydrogen) atoms. The molecule has 134 valence electrons. The zero-order valence-corrected chi connectivity index (χ0v) is 16.3. The maximum Gasteiger partial charge on any atom is 0.220 e. The quantitative estimate of drug-likeness (QED) is 0.569. The molecule has 1 saturated heterocycles. The summed E-state index contributed by atoms with van der Waals surface area (Å²) >= 11 is 1.76. The average molecular weight is 349 g/mol. The Morgan fingerprint density at radius 1 is 1.25 bits per heavy atom. The molecule has 0 unspecified atom stereocenters. The van der Waals surface area contributed by atoms with E-state index in [1.54, 1.807) is 11.8 Å². The van der Waals surface area contributed by atoms with Gasteiger partial charge in [-0.3, -0.25) is 4.79 Å². The van der Waals surface area contributed by atoms with Crippen molar-refractivity contribution in [3.05, 3.63) is 29.3 Å². The van der Waals surface area contributed by atoms with Crippen molar-refractivity contribution < 1.29 is 4.79 Å². The summed E-state index contributed by atoms with van der Waals surface area (Å²) in [5.74, 6) is 1.91. The Bertz CT molecular complexity index is 524. The predicted octanol–water partition coefficient (Wildman–Crippen LogP) is 4.02. The molecular weight excluding hydrogens is 316 g/mol. The van der Waals surface area contributed by atoms with Crippen molar-refractivity contribution in [1.82, 2.24) is 10.2 Å². The summed E-state index contributed by atoms with van der Waals surface area (Å²) < 4.78 is 0. The highest BCUT2D eigenvalue weighted by Gasteiger charge is 2.14. The van der Waals surface area contributed by atoms with Crippen molar-refractivity contribution in [3.63, 3.8) is 0 Å².